The minimum atomic E-state index is -3.73. The Kier molecular flexibility index (Phi) is 5.45. The van der Waals surface area contributed by atoms with Crippen LogP contribution in [0.2, 0.25) is 0 Å². The molecule has 1 aliphatic rings. The molecule has 0 radical (unpaired) electrons. The second kappa shape index (κ2) is 8.07. The molecule has 1 saturated heterocycles. The van der Waals surface area contributed by atoms with Gasteiger partial charge in [0.2, 0.25) is 10.0 Å². The van der Waals surface area contributed by atoms with Crippen molar-refractivity contribution < 1.29 is 17.7 Å². The smallest absolute Gasteiger partial charge is 0.321 e. The number of nitrogens with zero attached hydrogens (tertiary/aromatic N) is 7. The van der Waals surface area contributed by atoms with Crippen molar-refractivity contribution in [2.45, 2.75) is 25.7 Å². The molecule has 13 heteroatoms. The van der Waals surface area contributed by atoms with Crippen molar-refractivity contribution in [3.05, 3.63) is 41.5 Å². The van der Waals surface area contributed by atoms with E-state index in [9.17, 15) is 13.2 Å². The Morgan fingerprint density at radius 1 is 1.13 bits per heavy atom. The molecule has 0 aliphatic carbocycles. The number of hydrogen-bond donors (Lipinski definition) is 1. The summed E-state index contributed by atoms with van der Waals surface area (Å²) in [6, 6.07) is 6.84. The molecular formula is C18H22N8O4S. The summed E-state index contributed by atoms with van der Waals surface area (Å²) in [7, 11) is -3.73. The molecule has 3 aromatic rings. The monoisotopic (exact) mass is 446 g/mol. The molecule has 1 aliphatic heterocycles. The van der Waals surface area contributed by atoms with Gasteiger partial charge in [-0.3, -0.25) is 0 Å². The standard InChI is InChI=1S/C18H22N8O4S/c1-12-17(13(2)30-21-12)31(28,29)25-9-7-24(8-10-25)18(27)19-15-5-4-6-16(11-15)26-14(3)20-22-23-26/h4-6,11H,7-10H2,1-3H3,(H,19,27). The molecule has 2 aromatic heterocycles. The van der Waals surface area contributed by atoms with E-state index in [2.05, 4.69) is 26.0 Å². The van der Waals surface area contributed by atoms with Gasteiger partial charge in [0.15, 0.2) is 11.6 Å². The molecule has 0 bridgehead atoms. The predicted octanol–water partition coefficient (Wildman–Crippen LogP) is 1.11. The summed E-state index contributed by atoms with van der Waals surface area (Å²) in [6.07, 6.45) is 0. The third-order valence-electron chi connectivity index (χ3n) is 5.06. The second-order valence-corrected chi connectivity index (χ2v) is 9.04. The quantitative estimate of drug-likeness (QED) is 0.629. The Hall–Kier alpha value is -3.32. The third-order valence-corrected chi connectivity index (χ3v) is 7.20. The number of hydrogen-bond acceptors (Lipinski definition) is 8. The fourth-order valence-electron chi connectivity index (χ4n) is 3.49. The fourth-order valence-corrected chi connectivity index (χ4v) is 5.21. The molecule has 0 atom stereocenters. The summed E-state index contributed by atoms with van der Waals surface area (Å²) in [5.41, 5.74) is 1.63. The van der Waals surface area contributed by atoms with Crippen LogP contribution >= 0.6 is 0 Å². The zero-order valence-corrected chi connectivity index (χ0v) is 18.1. The largest absolute Gasteiger partial charge is 0.360 e. The number of carbonyl (C=O) groups excluding carboxylic acids is 1. The molecule has 31 heavy (non-hydrogen) atoms. The third kappa shape index (κ3) is 4.01. The SMILES string of the molecule is Cc1noc(C)c1S(=O)(=O)N1CCN(C(=O)Nc2cccc(-n3nnnc3C)c2)CC1. The van der Waals surface area contributed by atoms with E-state index in [1.165, 1.54) is 4.31 Å². The summed E-state index contributed by atoms with van der Waals surface area (Å²) >= 11 is 0. The van der Waals surface area contributed by atoms with E-state index in [1.807, 2.05) is 6.07 Å². The Morgan fingerprint density at radius 3 is 2.48 bits per heavy atom. The number of benzene rings is 1. The number of rotatable bonds is 4. The first-order chi connectivity index (χ1) is 14.8. The number of amides is 2. The van der Waals surface area contributed by atoms with Crippen molar-refractivity contribution in [2.24, 2.45) is 0 Å². The molecule has 1 aromatic carbocycles. The van der Waals surface area contributed by atoms with Gasteiger partial charge >= 0.3 is 6.03 Å². The first kappa shape index (κ1) is 20.9. The van der Waals surface area contributed by atoms with E-state index >= 15 is 0 Å². The lowest BCUT2D eigenvalue weighted by Crippen LogP contribution is -2.51. The number of nitrogens with one attached hydrogen (secondary N) is 1. The van der Waals surface area contributed by atoms with Crippen LogP contribution < -0.4 is 5.32 Å². The highest BCUT2D eigenvalue weighted by Gasteiger charge is 2.34. The van der Waals surface area contributed by atoms with Crippen molar-refractivity contribution >= 4 is 21.7 Å². The first-order valence-electron chi connectivity index (χ1n) is 9.62. The van der Waals surface area contributed by atoms with Crippen LogP contribution in [0.5, 0.6) is 0 Å². The minimum Gasteiger partial charge on any atom is -0.360 e. The van der Waals surface area contributed by atoms with Crippen LogP contribution in [0.4, 0.5) is 10.5 Å². The number of tetrazole rings is 1. The van der Waals surface area contributed by atoms with Crippen molar-refractivity contribution in [1.82, 2.24) is 34.6 Å². The van der Waals surface area contributed by atoms with Crippen molar-refractivity contribution in [3.8, 4) is 5.69 Å². The van der Waals surface area contributed by atoms with Crippen LogP contribution in [0.1, 0.15) is 17.3 Å². The lowest BCUT2D eigenvalue weighted by atomic mass is 10.2. The van der Waals surface area contributed by atoms with Crippen molar-refractivity contribution in [3.63, 3.8) is 0 Å². The second-order valence-electron chi connectivity index (χ2n) is 7.16. The lowest BCUT2D eigenvalue weighted by Gasteiger charge is -2.33. The molecule has 2 amide bonds. The van der Waals surface area contributed by atoms with Crippen molar-refractivity contribution in [2.75, 3.05) is 31.5 Å². The van der Waals surface area contributed by atoms with Gasteiger partial charge in [0, 0.05) is 31.9 Å². The van der Waals surface area contributed by atoms with Gasteiger partial charge in [-0.25, -0.2) is 13.2 Å². The zero-order chi connectivity index (χ0) is 22.2. The Bertz CT molecular complexity index is 1190. The normalized spacial score (nSPS) is 15.3. The number of urea groups is 1. The molecule has 1 fully saturated rings. The van der Waals surface area contributed by atoms with Gasteiger partial charge < -0.3 is 14.7 Å². The Labute approximate surface area is 178 Å². The molecule has 3 heterocycles. The molecule has 12 nitrogen and oxygen atoms in total. The summed E-state index contributed by atoms with van der Waals surface area (Å²) in [5, 5.41) is 18.0. The topological polar surface area (TPSA) is 139 Å². The van der Waals surface area contributed by atoms with E-state index in [4.69, 9.17) is 4.52 Å². The number of sulfonamides is 1. The van der Waals surface area contributed by atoms with E-state index < -0.39 is 10.0 Å². The number of carbonyl (C=O) groups is 1. The van der Waals surface area contributed by atoms with Gasteiger partial charge in [-0.1, -0.05) is 11.2 Å². The minimum absolute atomic E-state index is 0.0973. The summed E-state index contributed by atoms with van der Waals surface area (Å²) in [6.45, 7) is 5.84. The maximum Gasteiger partial charge on any atom is 0.321 e. The van der Waals surface area contributed by atoms with Gasteiger partial charge in [-0.05, 0) is 49.4 Å². The van der Waals surface area contributed by atoms with Crippen molar-refractivity contribution in [1.29, 1.82) is 0 Å². The number of aryl methyl sites for hydroxylation is 3. The van der Waals surface area contributed by atoms with Gasteiger partial charge in [-0.2, -0.15) is 8.99 Å². The lowest BCUT2D eigenvalue weighted by molar-refractivity contribution is 0.184. The maximum atomic E-state index is 12.9. The predicted molar refractivity (Wildman–Crippen MR) is 109 cm³/mol. The van der Waals surface area contributed by atoms with E-state index in [0.717, 1.165) is 5.69 Å². The summed E-state index contributed by atoms with van der Waals surface area (Å²) < 4.78 is 33.8. The van der Waals surface area contributed by atoms with Gasteiger partial charge in [0.25, 0.3) is 0 Å². The molecule has 1 N–H and O–H groups in total. The Morgan fingerprint density at radius 2 is 1.87 bits per heavy atom. The van der Waals surface area contributed by atoms with Gasteiger partial charge in [0.05, 0.1) is 5.69 Å². The highest BCUT2D eigenvalue weighted by molar-refractivity contribution is 7.89. The number of aromatic nitrogens is 5. The Balaban J connectivity index is 1.41. The van der Waals surface area contributed by atoms with E-state index in [0.29, 0.717) is 17.2 Å². The van der Waals surface area contributed by atoms with Crippen LogP contribution in [-0.4, -0.2) is 75.2 Å². The number of anilines is 1. The average molecular weight is 446 g/mol. The number of piperazine rings is 1. The molecule has 4 rings (SSSR count). The van der Waals surface area contributed by atoms with Crippen LogP contribution in [0.15, 0.2) is 33.7 Å². The van der Waals surface area contributed by atoms with E-state index in [1.54, 1.807) is 48.6 Å². The average Bonchev–Trinajstić information content (AvgIpc) is 3.33. The maximum absolute atomic E-state index is 12.9. The summed E-state index contributed by atoms with van der Waals surface area (Å²) in [4.78, 5) is 14.4. The van der Waals surface area contributed by atoms with Crippen LogP contribution in [0.3, 0.4) is 0 Å². The highest BCUT2D eigenvalue weighted by Crippen LogP contribution is 2.24. The molecule has 164 valence electrons. The highest BCUT2D eigenvalue weighted by atomic mass is 32.2. The summed E-state index contributed by atoms with van der Waals surface area (Å²) in [5.74, 6) is 0.884. The van der Waals surface area contributed by atoms with Crippen LogP contribution in [-0.2, 0) is 10.0 Å². The zero-order valence-electron chi connectivity index (χ0n) is 17.3. The van der Waals surface area contributed by atoms with Crippen LogP contribution in [0.25, 0.3) is 5.69 Å². The van der Waals surface area contributed by atoms with E-state index in [-0.39, 0.29) is 42.9 Å². The fraction of sp³-hybridized carbons (Fsp3) is 0.389. The first-order valence-corrected chi connectivity index (χ1v) is 11.1. The molecular weight excluding hydrogens is 424 g/mol. The molecule has 0 unspecified atom stereocenters. The molecule has 0 spiro atoms. The van der Waals surface area contributed by atoms with Gasteiger partial charge in [0.1, 0.15) is 10.6 Å². The van der Waals surface area contributed by atoms with Crippen LogP contribution in [0, 0.1) is 20.8 Å². The van der Waals surface area contributed by atoms with Gasteiger partial charge in [-0.15, -0.1) is 5.10 Å². The molecule has 0 saturated carbocycles.